The van der Waals surface area contributed by atoms with Crippen molar-refractivity contribution >= 4 is 19.0 Å². The summed E-state index contributed by atoms with van der Waals surface area (Å²) in [4.78, 5) is 10.3. The summed E-state index contributed by atoms with van der Waals surface area (Å²) in [5, 5.41) is 13.9. The Kier molecular flexibility index (Phi) is 5.50. The fourth-order valence-corrected chi connectivity index (χ4v) is 3.52. The summed E-state index contributed by atoms with van der Waals surface area (Å²) in [7, 11) is -0.897. The zero-order valence-electron chi connectivity index (χ0n) is 12.7. The van der Waals surface area contributed by atoms with Gasteiger partial charge in [-0.1, -0.05) is 18.2 Å². The fourth-order valence-electron chi connectivity index (χ4n) is 2.10. The number of nitro groups is 1. The van der Waals surface area contributed by atoms with Gasteiger partial charge in [0, 0.05) is 32.0 Å². The number of non-ortho nitro benzene ring substituents is 1. The van der Waals surface area contributed by atoms with E-state index in [9.17, 15) is 14.7 Å². The van der Waals surface area contributed by atoms with E-state index in [0.717, 1.165) is 5.69 Å². The van der Waals surface area contributed by atoms with E-state index in [4.69, 9.17) is 9.05 Å². The van der Waals surface area contributed by atoms with Crippen LogP contribution in [0.5, 0.6) is 0 Å². The molecule has 0 amide bonds. The van der Waals surface area contributed by atoms with Crippen molar-refractivity contribution in [1.82, 2.24) is 0 Å². The van der Waals surface area contributed by atoms with Crippen molar-refractivity contribution in [2.75, 3.05) is 19.5 Å². The molecule has 2 aromatic carbocycles. The van der Waals surface area contributed by atoms with Gasteiger partial charge >= 0.3 is 7.60 Å². The summed E-state index contributed by atoms with van der Waals surface area (Å²) >= 11 is 0. The number of rotatable bonds is 7. The van der Waals surface area contributed by atoms with Crippen LogP contribution in [0.4, 0.5) is 11.4 Å². The summed E-state index contributed by atoms with van der Waals surface area (Å²) in [6.07, 6.45) is 0. The molecule has 1 atom stereocenters. The Morgan fingerprint density at radius 3 is 2.09 bits per heavy atom. The van der Waals surface area contributed by atoms with Crippen LogP contribution in [0.1, 0.15) is 11.3 Å². The van der Waals surface area contributed by atoms with Gasteiger partial charge in [0.2, 0.25) is 0 Å². The Morgan fingerprint density at radius 2 is 1.61 bits per heavy atom. The summed E-state index contributed by atoms with van der Waals surface area (Å²) < 4.78 is 23.0. The minimum absolute atomic E-state index is 0.0446. The molecule has 7 nitrogen and oxygen atoms in total. The number of nitrogens with zero attached hydrogens (tertiary/aromatic N) is 1. The number of hydrogen-bond acceptors (Lipinski definition) is 6. The van der Waals surface area contributed by atoms with E-state index in [1.807, 2.05) is 30.3 Å². The van der Waals surface area contributed by atoms with E-state index >= 15 is 0 Å². The lowest BCUT2D eigenvalue weighted by molar-refractivity contribution is -0.384. The highest BCUT2D eigenvalue weighted by Crippen LogP contribution is 2.59. The first kappa shape index (κ1) is 17.1. The molecule has 0 radical (unpaired) electrons. The first-order valence-corrected chi connectivity index (χ1v) is 8.38. The van der Waals surface area contributed by atoms with Crippen LogP contribution >= 0.6 is 7.60 Å². The van der Waals surface area contributed by atoms with Gasteiger partial charge in [-0.25, -0.2) is 0 Å². The molecule has 0 fully saturated rings. The van der Waals surface area contributed by atoms with E-state index in [2.05, 4.69) is 5.32 Å². The van der Waals surface area contributed by atoms with Gasteiger partial charge in [-0.05, 0) is 29.8 Å². The van der Waals surface area contributed by atoms with E-state index in [0.29, 0.717) is 5.56 Å². The summed E-state index contributed by atoms with van der Waals surface area (Å²) in [6.45, 7) is 0. The van der Waals surface area contributed by atoms with Gasteiger partial charge in [-0.15, -0.1) is 0 Å². The third kappa shape index (κ3) is 3.96. The van der Waals surface area contributed by atoms with Crippen LogP contribution in [0.3, 0.4) is 0 Å². The smallest absolute Gasteiger partial charge is 0.356 e. The number of nitro benzene ring substituents is 1. The van der Waals surface area contributed by atoms with E-state index < -0.39 is 18.3 Å². The summed E-state index contributed by atoms with van der Waals surface area (Å²) in [5.74, 6) is -0.791. The predicted molar refractivity (Wildman–Crippen MR) is 87.5 cm³/mol. The lowest BCUT2D eigenvalue weighted by atomic mass is 10.2. The molecular formula is C15H17N2O5P. The van der Waals surface area contributed by atoms with E-state index in [-0.39, 0.29) is 5.69 Å². The molecule has 122 valence electrons. The van der Waals surface area contributed by atoms with Crippen molar-refractivity contribution < 1.29 is 18.5 Å². The SMILES string of the molecule is COP(=O)(OC)[C@H](Nc1ccccc1)c1ccc([N+](=O)[O-])cc1. The van der Waals surface area contributed by atoms with Crippen LogP contribution in [-0.4, -0.2) is 19.1 Å². The van der Waals surface area contributed by atoms with Gasteiger partial charge in [0.05, 0.1) is 4.92 Å². The van der Waals surface area contributed by atoms with Gasteiger partial charge in [0.25, 0.3) is 5.69 Å². The predicted octanol–water partition coefficient (Wildman–Crippen LogP) is 4.19. The molecule has 0 aliphatic heterocycles. The standard InChI is InChI=1S/C15H17N2O5P/c1-21-23(20,22-2)15(16-13-6-4-3-5-7-13)12-8-10-14(11-9-12)17(18)19/h3-11,15-16H,1-2H3/t15-/m0/s1. The Bertz CT molecular complexity index is 698. The molecule has 2 aromatic rings. The Morgan fingerprint density at radius 1 is 1.04 bits per heavy atom. The van der Waals surface area contributed by atoms with Crippen molar-refractivity contribution in [2.24, 2.45) is 0 Å². The lowest BCUT2D eigenvalue weighted by Crippen LogP contribution is -2.13. The topological polar surface area (TPSA) is 90.7 Å². The summed E-state index contributed by atoms with van der Waals surface area (Å²) in [5.41, 5.74) is 1.24. The molecule has 0 saturated carbocycles. The molecule has 0 saturated heterocycles. The minimum atomic E-state index is -3.50. The van der Waals surface area contributed by atoms with Crippen LogP contribution in [-0.2, 0) is 13.6 Å². The second-order valence-electron chi connectivity index (χ2n) is 4.67. The number of hydrogen-bond donors (Lipinski definition) is 1. The maximum absolute atomic E-state index is 12.8. The van der Waals surface area contributed by atoms with Crippen molar-refractivity contribution in [1.29, 1.82) is 0 Å². The molecule has 1 N–H and O–H groups in total. The van der Waals surface area contributed by atoms with E-state index in [1.165, 1.54) is 38.5 Å². The molecule has 0 aliphatic rings. The normalized spacial score (nSPS) is 12.6. The lowest BCUT2D eigenvalue weighted by Gasteiger charge is -2.26. The van der Waals surface area contributed by atoms with Gasteiger partial charge in [-0.2, -0.15) is 0 Å². The van der Waals surface area contributed by atoms with Gasteiger partial charge in [-0.3, -0.25) is 14.7 Å². The maximum Gasteiger partial charge on any atom is 0.356 e. The quantitative estimate of drug-likeness (QED) is 0.463. The van der Waals surface area contributed by atoms with Crippen molar-refractivity contribution in [2.45, 2.75) is 5.78 Å². The van der Waals surface area contributed by atoms with Gasteiger partial charge in [0.15, 0.2) is 5.78 Å². The highest BCUT2D eigenvalue weighted by molar-refractivity contribution is 7.54. The highest BCUT2D eigenvalue weighted by atomic mass is 31.2. The average Bonchev–Trinajstić information content (AvgIpc) is 2.60. The molecule has 23 heavy (non-hydrogen) atoms. The third-order valence-electron chi connectivity index (χ3n) is 3.32. The Hall–Kier alpha value is -2.21. The minimum Gasteiger partial charge on any atom is -0.368 e. The number of anilines is 1. The second-order valence-corrected chi connectivity index (χ2v) is 6.99. The van der Waals surface area contributed by atoms with E-state index in [1.54, 1.807) is 0 Å². The third-order valence-corrected chi connectivity index (χ3v) is 5.40. The molecule has 0 heterocycles. The number of para-hydroxylation sites is 1. The first-order chi connectivity index (χ1) is 11.0. The molecule has 0 unspecified atom stereocenters. The zero-order valence-corrected chi connectivity index (χ0v) is 13.6. The molecule has 0 aliphatic carbocycles. The van der Waals surface area contributed by atoms with Crippen LogP contribution in [0.25, 0.3) is 0 Å². The zero-order chi connectivity index (χ0) is 16.9. The molecule has 0 aromatic heterocycles. The molecule has 0 bridgehead atoms. The summed E-state index contributed by atoms with van der Waals surface area (Å²) in [6, 6.07) is 14.9. The van der Waals surface area contributed by atoms with Crippen LogP contribution in [0.2, 0.25) is 0 Å². The maximum atomic E-state index is 12.8. The largest absolute Gasteiger partial charge is 0.368 e. The second kappa shape index (κ2) is 7.37. The monoisotopic (exact) mass is 336 g/mol. The van der Waals surface area contributed by atoms with Crippen molar-refractivity contribution in [3.63, 3.8) is 0 Å². The Labute approximate surface area is 133 Å². The molecular weight excluding hydrogens is 319 g/mol. The first-order valence-electron chi connectivity index (χ1n) is 6.77. The Balaban J connectivity index is 2.40. The number of nitrogens with one attached hydrogen (secondary N) is 1. The van der Waals surface area contributed by atoms with Crippen molar-refractivity contribution in [3.05, 3.63) is 70.3 Å². The van der Waals surface area contributed by atoms with Crippen LogP contribution in [0, 0.1) is 10.1 Å². The number of benzene rings is 2. The highest BCUT2D eigenvalue weighted by Gasteiger charge is 2.35. The van der Waals surface area contributed by atoms with Crippen molar-refractivity contribution in [3.8, 4) is 0 Å². The molecule has 8 heteroatoms. The van der Waals surface area contributed by atoms with Gasteiger partial charge < -0.3 is 14.4 Å². The van der Waals surface area contributed by atoms with Gasteiger partial charge in [0.1, 0.15) is 0 Å². The fraction of sp³-hybridized carbons (Fsp3) is 0.200. The van der Waals surface area contributed by atoms with Crippen LogP contribution in [0.15, 0.2) is 54.6 Å². The molecule has 0 spiro atoms. The average molecular weight is 336 g/mol. The molecule has 2 rings (SSSR count). The van der Waals surface area contributed by atoms with Crippen LogP contribution < -0.4 is 5.32 Å².